The monoisotopic (exact) mass is 305 g/mol. The van der Waals surface area contributed by atoms with Crippen molar-refractivity contribution in [1.29, 1.82) is 0 Å². The van der Waals surface area contributed by atoms with Gasteiger partial charge in [0.2, 0.25) is 10.0 Å². The van der Waals surface area contributed by atoms with Crippen LogP contribution in [0.4, 0.5) is 0 Å². The topological polar surface area (TPSA) is 72.5 Å². The van der Waals surface area contributed by atoms with Gasteiger partial charge in [0, 0.05) is 6.54 Å². The number of hydrogen-bond donors (Lipinski definition) is 1. The van der Waals surface area contributed by atoms with E-state index in [9.17, 15) is 13.2 Å². The van der Waals surface area contributed by atoms with Crippen LogP contribution in [-0.2, 0) is 14.8 Å². The van der Waals surface area contributed by atoms with E-state index in [0.29, 0.717) is 18.0 Å². The Kier molecular flexibility index (Phi) is 5.51. The number of nitrogens with one attached hydrogen (secondary N) is 1. The zero-order valence-electron chi connectivity index (χ0n) is 11.5. The minimum absolute atomic E-state index is 0.0353. The molecule has 108 valence electrons. The molecule has 5 nitrogen and oxygen atoms in total. The van der Waals surface area contributed by atoms with Crippen molar-refractivity contribution >= 4 is 27.3 Å². The van der Waals surface area contributed by atoms with Gasteiger partial charge in [0.1, 0.15) is 9.77 Å². The zero-order chi connectivity index (χ0) is 14.6. The predicted molar refractivity (Wildman–Crippen MR) is 75.0 cm³/mol. The van der Waals surface area contributed by atoms with E-state index in [2.05, 4.69) is 9.46 Å². The van der Waals surface area contributed by atoms with Gasteiger partial charge in [-0.3, -0.25) is 0 Å². The molecule has 0 aromatic carbocycles. The van der Waals surface area contributed by atoms with Gasteiger partial charge in [0.05, 0.1) is 7.11 Å². The van der Waals surface area contributed by atoms with Crippen molar-refractivity contribution in [2.75, 3.05) is 13.7 Å². The maximum Gasteiger partial charge on any atom is 0.349 e. The van der Waals surface area contributed by atoms with Gasteiger partial charge >= 0.3 is 5.97 Å². The summed E-state index contributed by atoms with van der Waals surface area (Å²) >= 11 is 1.08. The molecule has 0 aliphatic heterocycles. The van der Waals surface area contributed by atoms with E-state index in [1.165, 1.54) is 7.11 Å². The Morgan fingerprint density at radius 3 is 2.63 bits per heavy atom. The smallest absolute Gasteiger partial charge is 0.349 e. The predicted octanol–water partition coefficient (Wildman–Crippen LogP) is 2.17. The average molecular weight is 305 g/mol. The second-order valence-electron chi connectivity index (χ2n) is 4.65. The Bertz CT molecular complexity index is 546. The van der Waals surface area contributed by atoms with Crippen LogP contribution >= 0.6 is 11.3 Å². The highest BCUT2D eigenvalue weighted by molar-refractivity contribution is 7.89. The van der Waals surface area contributed by atoms with Gasteiger partial charge in [-0.2, -0.15) is 0 Å². The van der Waals surface area contributed by atoms with Crippen molar-refractivity contribution in [2.24, 2.45) is 5.92 Å². The summed E-state index contributed by atoms with van der Waals surface area (Å²) in [6.45, 7) is 6.06. The first kappa shape index (κ1) is 16.1. The van der Waals surface area contributed by atoms with Crippen LogP contribution in [0.1, 0.15) is 35.5 Å². The van der Waals surface area contributed by atoms with Gasteiger partial charge in [-0.15, -0.1) is 11.3 Å². The van der Waals surface area contributed by atoms with Crippen LogP contribution < -0.4 is 4.72 Å². The third kappa shape index (κ3) is 4.02. The Morgan fingerprint density at radius 1 is 1.47 bits per heavy atom. The molecular weight excluding hydrogens is 286 g/mol. The molecule has 1 rings (SSSR count). The van der Waals surface area contributed by atoms with Gasteiger partial charge < -0.3 is 4.74 Å². The fourth-order valence-electron chi connectivity index (χ4n) is 1.56. The first-order valence-corrected chi connectivity index (χ1v) is 8.32. The average Bonchev–Trinajstić information content (AvgIpc) is 2.70. The van der Waals surface area contributed by atoms with Crippen molar-refractivity contribution in [2.45, 2.75) is 32.1 Å². The molecule has 0 saturated heterocycles. The molecule has 0 unspecified atom stereocenters. The van der Waals surface area contributed by atoms with Crippen molar-refractivity contribution in [1.82, 2.24) is 4.72 Å². The van der Waals surface area contributed by atoms with Crippen molar-refractivity contribution in [3.63, 3.8) is 0 Å². The number of hydrogen-bond acceptors (Lipinski definition) is 5. The molecule has 1 aromatic rings. The molecule has 7 heteroatoms. The number of carbonyl (C=O) groups is 1. The third-order valence-corrected chi connectivity index (χ3v) is 5.43. The number of rotatable bonds is 6. The van der Waals surface area contributed by atoms with Crippen molar-refractivity contribution in [3.8, 4) is 0 Å². The molecule has 19 heavy (non-hydrogen) atoms. The SMILES string of the molecule is COC(=O)c1scc(C)c1S(=O)(=O)NCCC(C)C. The molecule has 0 atom stereocenters. The van der Waals surface area contributed by atoms with E-state index in [-0.39, 0.29) is 9.77 Å². The molecule has 0 bridgehead atoms. The van der Waals surface area contributed by atoms with Gasteiger partial charge in [-0.05, 0) is 30.2 Å². The van der Waals surface area contributed by atoms with Gasteiger partial charge in [0.15, 0.2) is 0 Å². The lowest BCUT2D eigenvalue weighted by molar-refractivity contribution is 0.0602. The standard InChI is InChI=1S/C12H19NO4S2/c1-8(2)5-6-13-19(15,16)11-9(3)7-18-10(11)12(14)17-4/h7-8,13H,5-6H2,1-4H3. The van der Waals surface area contributed by atoms with E-state index in [1.807, 2.05) is 13.8 Å². The normalized spacial score (nSPS) is 11.8. The summed E-state index contributed by atoms with van der Waals surface area (Å²) in [4.78, 5) is 11.7. The highest BCUT2D eigenvalue weighted by Crippen LogP contribution is 2.27. The van der Waals surface area contributed by atoms with E-state index in [0.717, 1.165) is 17.8 Å². The molecule has 0 aliphatic rings. The van der Waals surface area contributed by atoms with E-state index in [1.54, 1.807) is 12.3 Å². The first-order chi connectivity index (χ1) is 8.79. The number of sulfonamides is 1. The Morgan fingerprint density at radius 2 is 2.11 bits per heavy atom. The van der Waals surface area contributed by atoms with E-state index >= 15 is 0 Å². The lowest BCUT2D eigenvalue weighted by atomic mass is 10.1. The summed E-state index contributed by atoms with van der Waals surface area (Å²) in [6, 6.07) is 0. The Hall–Kier alpha value is -0.920. The lowest BCUT2D eigenvalue weighted by Gasteiger charge is -2.09. The second-order valence-corrected chi connectivity index (χ2v) is 7.23. The summed E-state index contributed by atoms with van der Waals surface area (Å²) in [5.41, 5.74) is 0.558. The molecular formula is C12H19NO4S2. The first-order valence-electron chi connectivity index (χ1n) is 5.95. The molecule has 1 heterocycles. The van der Waals surface area contributed by atoms with Crippen molar-refractivity contribution in [3.05, 3.63) is 15.8 Å². The van der Waals surface area contributed by atoms with Crippen LogP contribution in [0.2, 0.25) is 0 Å². The van der Waals surface area contributed by atoms with Crippen LogP contribution in [0.5, 0.6) is 0 Å². The van der Waals surface area contributed by atoms with E-state index in [4.69, 9.17) is 0 Å². The second kappa shape index (κ2) is 6.49. The van der Waals surface area contributed by atoms with Crippen LogP contribution in [0, 0.1) is 12.8 Å². The van der Waals surface area contributed by atoms with Crippen LogP contribution in [0.25, 0.3) is 0 Å². The molecule has 0 saturated carbocycles. The molecule has 0 aliphatic carbocycles. The van der Waals surface area contributed by atoms with Crippen LogP contribution in [-0.4, -0.2) is 28.0 Å². The summed E-state index contributed by atoms with van der Waals surface area (Å²) < 4.78 is 31.6. The number of methoxy groups -OCH3 is 1. The molecule has 1 N–H and O–H groups in total. The van der Waals surface area contributed by atoms with E-state index < -0.39 is 16.0 Å². The molecule has 0 fully saturated rings. The summed E-state index contributed by atoms with van der Waals surface area (Å²) in [7, 11) is -2.43. The number of thiophene rings is 1. The number of carbonyl (C=O) groups excluding carboxylic acids is 1. The van der Waals surface area contributed by atoms with Gasteiger partial charge in [-0.25, -0.2) is 17.9 Å². The molecule has 0 amide bonds. The maximum absolute atomic E-state index is 12.2. The minimum atomic E-state index is -3.67. The number of ether oxygens (including phenoxy) is 1. The third-order valence-electron chi connectivity index (χ3n) is 2.57. The number of esters is 1. The molecule has 1 aromatic heterocycles. The van der Waals surface area contributed by atoms with Gasteiger partial charge in [-0.1, -0.05) is 13.8 Å². The Labute approximate surface area is 118 Å². The van der Waals surface area contributed by atoms with Crippen LogP contribution in [0.15, 0.2) is 10.3 Å². The lowest BCUT2D eigenvalue weighted by Crippen LogP contribution is -2.27. The van der Waals surface area contributed by atoms with Crippen molar-refractivity contribution < 1.29 is 17.9 Å². The largest absolute Gasteiger partial charge is 0.465 e. The highest BCUT2D eigenvalue weighted by atomic mass is 32.2. The minimum Gasteiger partial charge on any atom is -0.465 e. The highest BCUT2D eigenvalue weighted by Gasteiger charge is 2.27. The maximum atomic E-state index is 12.2. The molecule has 0 spiro atoms. The fourth-order valence-corrected chi connectivity index (χ4v) is 4.30. The summed E-state index contributed by atoms with van der Waals surface area (Å²) in [6.07, 6.45) is 0.746. The number of aryl methyl sites for hydroxylation is 1. The summed E-state index contributed by atoms with van der Waals surface area (Å²) in [5.74, 6) is -0.214. The quantitative estimate of drug-likeness (QED) is 0.818. The van der Waals surface area contributed by atoms with Crippen LogP contribution in [0.3, 0.4) is 0 Å². The molecule has 0 radical (unpaired) electrons. The van der Waals surface area contributed by atoms with Gasteiger partial charge in [0.25, 0.3) is 0 Å². The zero-order valence-corrected chi connectivity index (χ0v) is 13.2. The Balaban J connectivity index is 3.01. The fraction of sp³-hybridized carbons (Fsp3) is 0.583. The summed E-state index contributed by atoms with van der Waals surface area (Å²) in [5, 5.41) is 1.64.